The molecule has 11 nitrogen and oxygen atoms in total. The number of halogens is 2. The number of rotatable bonds is 10. The van der Waals surface area contributed by atoms with E-state index in [9.17, 15) is 0 Å². The lowest BCUT2D eigenvalue weighted by molar-refractivity contribution is -0.191. The van der Waals surface area contributed by atoms with Gasteiger partial charge in [0.05, 0.1) is 25.5 Å². The van der Waals surface area contributed by atoms with Gasteiger partial charge in [0, 0.05) is 74.4 Å². The number of hydrogen-bond donors (Lipinski definition) is 2. The van der Waals surface area contributed by atoms with Crippen molar-refractivity contribution in [3.63, 3.8) is 0 Å². The Kier molecular flexibility index (Phi) is 7.69. The van der Waals surface area contributed by atoms with E-state index in [1.54, 1.807) is 48.5 Å². The number of hydrogen-bond acceptors (Lipinski definition) is 10. The number of likely N-dealkylation sites (tertiary alicyclic amines) is 1. The fourth-order valence-electron chi connectivity index (χ4n) is 5.57. The highest BCUT2D eigenvalue weighted by Gasteiger charge is 2.48. The largest absolute Gasteiger partial charge is 0.477 e. The molecule has 2 aliphatic rings. The predicted molar refractivity (Wildman–Crippen MR) is 158 cm³/mol. The fraction of sp³-hybridized carbons (Fsp3) is 0.414. The van der Waals surface area contributed by atoms with Crippen molar-refractivity contribution >= 4 is 23.1 Å². The summed E-state index contributed by atoms with van der Waals surface area (Å²) in [5, 5.41) is 8.20. The summed E-state index contributed by atoms with van der Waals surface area (Å²) in [4.78, 5) is 19.6. The van der Waals surface area contributed by atoms with Crippen LogP contribution >= 0.6 is 11.6 Å². The lowest BCUT2D eigenvalue weighted by atomic mass is 9.78. The summed E-state index contributed by atoms with van der Waals surface area (Å²) in [5.74, 6) is 0.979. The molecule has 0 aliphatic carbocycles. The molecule has 1 atom stereocenters. The van der Waals surface area contributed by atoms with Crippen LogP contribution in [0.1, 0.15) is 24.6 Å². The lowest BCUT2D eigenvalue weighted by Gasteiger charge is -2.55. The molecule has 6 rings (SSSR count). The van der Waals surface area contributed by atoms with Gasteiger partial charge in [0.15, 0.2) is 5.82 Å². The van der Waals surface area contributed by atoms with Crippen molar-refractivity contribution in [3.05, 3.63) is 59.0 Å². The minimum Gasteiger partial charge on any atom is -0.477 e. The van der Waals surface area contributed by atoms with E-state index in [1.165, 1.54) is 0 Å². The van der Waals surface area contributed by atoms with E-state index in [-0.39, 0.29) is 11.7 Å². The summed E-state index contributed by atoms with van der Waals surface area (Å²) in [5.41, 5.74) is 9.85. The fourth-order valence-corrected chi connectivity index (χ4v) is 5.73. The average Bonchev–Trinajstić information content (AvgIpc) is 3.18. The molecule has 0 amide bonds. The van der Waals surface area contributed by atoms with E-state index >= 15 is 4.39 Å². The van der Waals surface area contributed by atoms with Crippen LogP contribution in [0.15, 0.2) is 36.8 Å². The molecule has 2 fully saturated rings. The predicted octanol–water partition coefficient (Wildman–Crippen LogP) is 4.12. The van der Waals surface area contributed by atoms with Crippen molar-refractivity contribution in [1.82, 2.24) is 34.6 Å². The van der Waals surface area contributed by atoms with Gasteiger partial charge in [-0.05, 0) is 37.6 Å². The maximum atomic E-state index is 15.4. The van der Waals surface area contributed by atoms with Gasteiger partial charge in [0.1, 0.15) is 28.0 Å². The smallest absolute Gasteiger partial charge is 0.223 e. The van der Waals surface area contributed by atoms with E-state index in [4.69, 9.17) is 26.8 Å². The van der Waals surface area contributed by atoms with E-state index < -0.39 is 5.82 Å². The molecule has 0 radical (unpaired) electrons. The van der Waals surface area contributed by atoms with Gasteiger partial charge in [-0.25, -0.2) is 24.0 Å². The molecule has 0 aromatic carbocycles. The second-order valence-corrected chi connectivity index (χ2v) is 11.6. The zero-order chi connectivity index (χ0) is 29.4. The monoisotopic (exact) mass is 593 g/mol. The first-order valence-electron chi connectivity index (χ1n) is 13.8. The topological polar surface area (TPSA) is 129 Å². The lowest BCUT2D eigenvalue weighted by Crippen LogP contribution is -2.65. The van der Waals surface area contributed by atoms with E-state index in [2.05, 4.69) is 35.3 Å². The molecule has 3 N–H and O–H groups in total. The number of pyridine rings is 2. The Bertz CT molecular complexity index is 1600. The van der Waals surface area contributed by atoms with Crippen LogP contribution in [0.25, 0.3) is 22.6 Å². The van der Waals surface area contributed by atoms with Crippen molar-refractivity contribution in [1.29, 1.82) is 0 Å². The Morgan fingerprint density at radius 1 is 1.21 bits per heavy atom. The van der Waals surface area contributed by atoms with Crippen molar-refractivity contribution in [2.24, 2.45) is 12.5 Å². The van der Waals surface area contributed by atoms with Gasteiger partial charge in [-0.3, -0.25) is 9.88 Å². The van der Waals surface area contributed by atoms with Gasteiger partial charge < -0.3 is 20.5 Å². The third-order valence-electron chi connectivity index (χ3n) is 7.63. The third kappa shape index (κ3) is 5.74. The highest BCUT2D eigenvalue weighted by Crippen LogP contribution is 2.38. The van der Waals surface area contributed by atoms with Crippen molar-refractivity contribution < 1.29 is 13.9 Å². The van der Waals surface area contributed by atoms with Crippen molar-refractivity contribution in [2.45, 2.75) is 32.9 Å². The number of nitrogen functional groups attached to an aromatic ring is 1. The van der Waals surface area contributed by atoms with Gasteiger partial charge in [-0.15, -0.1) is 0 Å². The Hall–Kier alpha value is -3.87. The maximum absolute atomic E-state index is 15.4. The molecule has 4 aromatic heterocycles. The van der Waals surface area contributed by atoms with E-state index in [1.807, 2.05) is 13.8 Å². The third-order valence-corrected chi connectivity index (χ3v) is 7.83. The first-order valence-corrected chi connectivity index (χ1v) is 14.2. The highest BCUT2D eigenvalue weighted by molar-refractivity contribution is 6.29. The van der Waals surface area contributed by atoms with Gasteiger partial charge in [0.2, 0.25) is 5.88 Å². The molecule has 2 saturated heterocycles. The number of anilines is 2. The number of aromatic nitrogens is 6. The van der Waals surface area contributed by atoms with Crippen molar-refractivity contribution in [3.8, 4) is 28.5 Å². The Balaban J connectivity index is 1.11. The molecule has 13 heteroatoms. The van der Waals surface area contributed by atoms with Crippen LogP contribution in [-0.4, -0.2) is 73.6 Å². The summed E-state index contributed by atoms with van der Waals surface area (Å²) < 4.78 is 28.5. The van der Waals surface area contributed by atoms with Gasteiger partial charge in [-0.2, -0.15) is 5.10 Å². The molecule has 0 bridgehead atoms. The van der Waals surface area contributed by atoms with E-state index in [0.717, 1.165) is 37.6 Å². The van der Waals surface area contributed by atoms with Crippen LogP contribution in [0, 0.1) is 18.2 Å². The summed E-state index contributed by atoms with van der Waals surface area (Å²) in [6.45, 7) is 8.52. The number of nitrogens with two attached hydrogens (primary N) is 1. The molecule has 42 heavy (non-hydrogen) atoms. The van der Waals surface area contributed by atoms with Crippen molar-refractivity contribution in [2.75, 3.05) is 44.0 Å². The zero-order valence-corrected chi connectivity index (χ0v) is 24.5. The molecule has 220 valence electrons. The number of nitrogens with one attached hydrogen (secondary N) is 1. The van der Waals surface area contributed by atoms with Crippen LogP contribution in [0.5, 0.6) is 5.88 Å². The van der Waals surface area contributed by atoms with Gasteiger partial charge >= 0.3 is 0 Å². The van der Waals surface area contributed by atoms with Crippen LogP contribution in [0.2, 0.25) is 5.15 Å². The molecule has 0 unspecified atom stereocenters. The SMILES string of the molecule is Cc1nn(C)c(OCC[C@H](C)Nc2cc(Cl)ncc2-c2ncc(CN3CC4(COC4)C3)cc2F)c1-c1nccc(N)n1. The van der Waals surface area contributed by atoms with Crippen LogP contribution in [-0.2, 0) is 18.3 Å². The molecule has 2 aliphatic heterocycles. The van der Waals surface area contributed by atoms with Crippen LogP contribution in [0.4, 0.5) is 15.9 Å². The average molecular weight is 594 g/mol. The van der Waals surface area contributed by atoms with Crippen LogP contribution in [0.3, 0.4) is 0 Å². The van der Waals surface area contributed by atoms with Gasteiger partial charge in [-0.1, -0.05) is 11.6 Å². The Morgan fingerprint density at radius 2 is 2.02 bits per heavy atom. The highest BCUT2D eigenvalue weighted by atomic mass is 35.5. The minimum atomic E-state index is -0.402. The zero-order valence-electron chi connectivity index (χ0n) is 23.8. The quantitative estimate of drug-likeness (QED) is 0.259. The second-order valence-electron chi connectivity index (χ2n) is 11.2. The summed E-state index contributed by atoms with van der Waals surface area (Å²) in [7, 11) is 1.81. The first-order chi connectivity index (χ1) is 20.2. The van der Waals surface area contributed by atoms with Crippen LogP contribution < -0.4 is 15.8 Å². The molecule has 6 heterocycles. The Morgan fingerprint density at radius 3 is 2.74 bits per heavy atom. The summed E-state index contributed by atoms with van der Waals surface area (Å²) in [6.07, 6.45) is 5.51. The summed E-state index contributed by atoms with van der Waals surface area (Å²) >= 11 is 6.23. The molecular formula is C29H33ClFN9O2. The molecule has 0 saturated carbocycles. The standard InChI is InChI=1S/C29H33ClFN9O2/c1-17(5-7-42-28-25(18(2)38-39(28)3)27-33-6-4-24(32)37-27)36-22-9-23(30)34-11-20(22)26-21(31)8-19(10-35-26)12-40-13-29(14-40)15-41-16-29/h4,6,8-11,17H,5,7,12-16H2,1-3H3,(H,34,36)(H2,32,33,37)/t17-/m0/s1. The number of aryl methyl sites for hydroxylation is 2. The molecule has 1 spiro atoms. The van der Waals surface area contributed by atoms with E-state index in [0.29, 0.717) is 64.5 Å². The summed E-state index contributed by atoms with van der Waals surface area (Å²) in [6, 6.07) is 4.81. The number of ether oxygens (including phenoxy) is 2. The maximum Gasteiger partial charge on any atom is 0.223 e. The molecule has 4 aromatic rings. The minimum absolute atomic E-state index is 0.0554. The first kappa shape index (κ1) is 28.3. The molecular weight excluding hydrogens is 561 g/mol. The number of nitrogens with zero attached hydrogens (tertiary/aromatic N) is 7. The second kappa shape index (κ2) is 11.4. The van der Waals surface area contributed by atoms with Gasteiger partial charge in [0.25, 0.3) is 0 Å². The normalized spacial score (nSPS) is 16.6. The Labute approximate surface area is 248 Å².